The molecule has 3 heterocycles. The molecule has 1 amide bonds. The Hall–Kier alpha value is -1.65. The zero-order chi connectivity index (χ0) is 18.2. The van der Waals surface area contributed by atoms with Gasteiger partial charge in [0, 0.05) is 26.2 Å². The van der Waals surface area contributed by atoms with Gasteiger partial charge in [0.25, 0.3) is 5.91 Å². The smallest absolute Gasteiger partial charge is 0.289 e. The number of sulfonamides is 1. The molecule has 1 aliphatic rings. The third-order valence-electron chi connectivity index (χ3n) is 4.18. The Kier molecular flexibility index (Phi) is 5.03. The summed E-state index contributed by atoms with van der Waals surface area (Å²) in [5.41, 5.74) is 0.977. The van der Waals surface area contributed by atoms with Crippen molar-refractivity contribution in [3.05, 3.63) is 34.0 Å². The maximum atomic E-state index is 12.9. The largest absolute Gasteiger partial charge is 0.444 e. The van der Waals surface area contributed by atoms with Gasteiger partial charge in [-0.25, -0.2) is 8.42 Å². The van der Waals surface area contributed by atoms with Crippen molar-refractivity contribution in [2.75, 3.05) is 26.2 Å². The van der Waals surface area contributed by atoms with E-state index in [9.17, 15) is 13.2 Å². The molecule has 0 saturated carbocycles. The van der Waals surface area contributed by atoms with Crippen molar-refractivity contribution in [3.63, 3.8) is 0 Å². The van der Waals surface area contributed by atoms with E-state index in [1.165, 1.54) is 4.31 Å². The Morgan fingerprint density at radius 2 is 2.00 bits per heavy atom. The molecular weight excluding hydrogens is 412 g/mol. The van der Waals surface area contributed by atoms with Crippen LogP contribution in [0.1, 0.15) is 28.4 Å². The van der Waals surface area contributed by atoms with Crippen LogP contribution in [0, 0.1) is 13.8 Å². The normalized spacial score (nSPS) is 16.8. The second-order valence-electron chi connectivity index (χ2n) is 5.92. The molecule has 2 aromatic heterocycles. The van der Waals surface area contributed by atoms with E-state index in [2.05, 4.69) is 26.1 Å². The second kappa shape index (κ2) is 6.93. The van der Waals surface area contributed by atoms with Crippen LogP contribution in [0.25, 0.3) is 0 Å². The highest BCUT2D eigenvalue weighted by molar-refractivity contribution is 9.10. The summed E-state index contributed by atoms with van der Waals surface area (Å²) in [6.45, 7) is 4.74. The Morgan fingerprint density at radius 1 is 1.24 bits per heavy atom. The standard InChI is InChI=1S/C15H19BrN4O4S/c1-10-14(11(2)18-17-10)25(22,23)20-7-3-6-19(8-9-20)15(21)12-4-5-13(16)24-12/h4-5H,3,6-9H2,1-2H3,(H,17,18). The van der Waals surface area contributed by atoms with E-state index in [1.807, 2.05) is 0 Å². The van der Waals surface area contributed by atoms with Crippen LogP contribution in [0.4, 0.5) is 0 Å². The lowest BCUT2D eigenvalue weighted by molar-refractivity contribution is 0.0731. The first-order valence-electron chi connectivity index (χ1n) is 7.87. The molecule has 0 aliphatic carbocycles. The molecular formula is C15H19BrN4O4S. The number of furan rings is 1. The molecule has 0 bridgehead atoms. The molecule has 0 spiro atoms. The summed E-state index contributed by atoms with van der Waals surface area (Å²) in [4.78, 5) is 14.3. The van der Waals surface area contributed by atoms with E-state index in [4.69, 9.17) is 4.42 Å². The first kappa shape index (κ1) is 18.2. The van der Waals surface area contributed by atoms with Crippen molar-refractivity contribution >= 4 is 31.9 Å². The summed E-state index contributed by atoms with van der Waals surface area (Å²) in [7, 11) is -3.64. The number of carbonyl (C=O) groups excluding carboxylic acids is 1. The molecule has 8 nitrogen and oxygen atoms in total. The first-order valence-corrected chi connectivity index (χ1v) is 10.1. The number of hydrogen-bond acceptors (Lipinski definition) is 5. The van der Waals surface area contributed by atoms with E-state index in [0.29, 0.717) is 42.1 Å². The van der Waals surface area contributed by atoms with Crippen LogP contribution in [0.15, 0.2) is 26.1 Å². The van der Waals surface area contributed by atoms with Crippen LogP contribution in [0.3, 0.4) is 0 Å². The molecule has 2 aromatic rings. The summed E-state index contributed by atoms with van der Waals surface area (Å²) < 4.78 is 33.1. The van der Waals surface area contributed by atoms with E-state index in [-0.39, 0.29) is 23.1 Å². The van der Waals surface area contributed by atoms with Crippen molar-refractivity contribution in [3.8, 4) is 0 Å². The molecule has 0 aromatic carbocycles. The van der Waals surface area contributed by atoms with Gasteiger partial charge in [0.05, 0.1) is 11.4 Å². The fourth-order valence-electron chi connectivity index (χ4n) is 2.97. The molecule has 10 heteroatoms. The van der Waals surface area contributed by atoms with Gasteiger partial charge >= 0.3 is 0 Å². The van der Waals surface area contributed by atoms with Gasteiger partial charge < -0.3 is 9.32 Å². The van der Waals surface area contributed by atoms with E-state index in [1.54, 1.807) is 30.9 Å². The molecule has 0 unspecified atom stereocenters. The molecule has 25 heavy (non-hydrogen) atoms. The van der Waals surface area contributed by atoms with Gasteiger partial charge in [-0.05, 0) is 48.3 Å². The lowest BCUT2D eigenvalue weighted by Crippen LogP contribution is -2.37. The van der Waals surface area contributed by atoms with Gasteiger partial charge in [0.15, 0.2) is 10.4 Å². The molecule has 136 valence electrons. The zero-order valence-corrected chi connectivity index (χ0v) is 16.4. The summed E-state index contributed by atoms with van der Waals surface area (Å²) >= 11 is 3.18. The number of aromatic nitrogens is 2. The summed E-state index contributed by atoms with van der Waals surface area (Å²) in [5, 5.41) is 6.69. The highest BCUT2D eigenvalue weighted by atomic mass is 79.9. The minimum atomic E-state index is -3.64. The predicted octanol–water partition coefficient (Wildman–Crippen LogP) is 1.92. The van der Waals surface area contributed by atoms with Gasteiger partial charge in [0.1, 0.15) is 4.90 Å². The maximum Gasteiger partial charge on any atom is 0.289 e. The van der Waals surface area contributed by atoms with Gasteiger partial charge in [-0.1, -0.05) is 0 Å². The fourth-order valence-corrected chi connectivity index (χ4v) is 5.08. The monoisotopic (exact) mass is 430 g/mol. The maximum absolute atomic E-state index is 12.9. The van der Waals surface area contributed by atoms with Gasteiger partial charge in [-0.3, -0.25) is 9.89 Å². The molecule has 0 atom stereocenters. The van der Waals surface area contributed by atoms with Crippen LogP contribution in [-0.2, 0) is 10.0 Å². The van der Waals surface area contributed by atoms with Crippen LogP contribution in [0.2, 0.25) is 0 Å². The second-order valence-corrected chi connectivity index (χ2v) is 8.57. The third-order valence-corrected chi connectivity index (χ3v) is 6.77. The molecule has 0 radical (unpaired) electrons. The van der Waals surface area contributed by atoms with Gasteiger partial charge in [-0.15, -0.1) is 0 Å². The topological polar surface area (TPSA) is 99.5 Å². The number of halogens is 1. The Bertz CT molecular complexity index is 870. The van der Waals surface area contributed by atoms with Crippen LogP contribution in [0.5, 0.6) is 0 Å². The van der Waals surface area contributed by atoms with Crippen molar-refractivity contribution < 1.29 is 17.6 Å². The third kappa shape index (κ3) is 3.51. The summed E-state index contributed by atoms with van der Waals surface area (Å²) in [6, 6.07) is 3.26. The predicted molar refractivity (Wildman–Crippen MR) is 93.7 cm³/mol. The summed E-state index contributed by atoms with van der Waals surface area (Å²) in [6.07, 6.45) is 0.558. The molecule has 1 saturated heterocycles. The van der Waals surface area contributed by atoms with Crippen molar-refractivity contribution in [1.82, 2.24) is 19.4 Å². The lowest BCUT2D eigenvalue weighted by atomic mass is 10.3. The number of aromatic amines is 1. The van der Waals surface area contributed by atoms with E-state index in [0.717, 1.165) is 0 Å². The zero-order valence-electron chi connectivity index (χ0n) is 14.0. The van der Waals surface area contributed by atoms with Crippen LogP contribution < -0.4 is 0 Å². The summed E-state index contributed by atoms with van der Waals surface area (Å²) in [5.74, 6) is 0.00493. The van der Waals surface area contributed by atoms with E-state index < -0.39 is 10.0 Å². The van der Waals surface area contributed by atoms with Crippen molar-refractivity contribution in [2.45, 2.75) is 25.2 Å². The number of aryl methyl sites for hydroxylation is 2. The number of carbonyl (C=O) groups is 1. The van der Waals surface area contributed by atoms with Crippen molar-refractivity contribution in [1.29, 1.82) is 0 Å². The van der Waals surface area contributed by atoms with E-state index >= 15 is 0 Å². The van der Waals surface area contributed by atoms with Crippen LogP contribution >= 0.6 is 15.9 Å². The van der Waals surface area contributed by atoms with Crippen LogP contribution in [-0.4, -0.2) is 59.9 Å². The Balaban J connectivity index is 1.76. The van der Waals surface area contributed by atoms with Gasteiger partial charge in [0.2, 0.25) is 10.0 Å². The lowest BCUT2D eigenvalue weighted by Gasteiger charge is -2.21. The average Bonchev–Trinajstić information content (AvgIpc) is 3.03. The molecule has 3 rings (SSSR count). The number of H-pyrrole nitrogens is 1. The highest BCUT2D eigenvalue weighted by Gasteiger charge is 2.32. The number of nitrogens with one attached hydrogen (secondary N) is 1. The molecule has 1 fully saturated rings. The van der Waals surface area contributed by atoms with Crippen molar-refractivity contribution in [2.24, 2.45) is 0 Å². The number of hydrogen-bond donors (Lipinski definition) is 1. The minimum absolute atomic E-state index is 0.224. The number of rotatable bonds is 3. The number of amides is 1. The minimum Gasteiger partial charge on any atom is -0.444 e. The molecule has 1 N–H and O–H groups in total. The first-order chi connectivity index (χ1) is 11.8. The quantitative estimate of drug-likeness (QED) is 0.801. The fraction of sp³-hybridized carbons (Fsp3) is 0.467. The number of nitrogens with zero attached hydrogens (tertiary/aromatic N) is 3. The highest BCUT2D eigenvalue weighted by Crippen LogP contribution is 2.23. The average molecular weight is 431 g/mol. The van der Waals surface area contributed by atoms with Gasteiger partial charge in [-0.2, -0.15) is 9.40 Å². The Morgan fingerprint density at radius 3 is 2.60 bits per heavy atom. The Labute approximate surface area is 154 Å². The molecule has 1 aliphatic heterocycles. The SMILES string of the molecule is Cc1n[nH]c(C)c1S(=O)(=O)N1CCCN(C(=O)c2ccc(Br)o2)CC1.